The van der Waals surface area contributed by atoms with Gasteiger partial charge in [0.15, 0.2) is 0 Å². The fourth-order valence-electron chi connectivity index (χ4n) is 2.91. The van der Waals surface area contributed by atoms with E-state index in [9.17, 15) is 4.79 Å². The topological polar surface area (TPSA) is 54.5 Å². The summed E-state index contributed by atoms with van der Waals surface area (Å²) in [6.45, 7) is 3.89. The molecule has 1 aromatic heterocycles. The van der Waals surface area contributed by atoms with Crippen molar-refractivity contribution >= 4 is 11.7 Å². The third-order valence-corrected chi connectivity index (χ3v) is 4.04. The molecule has 1 saturated heterocycles. The van der Waals surface area contributed by atoms with Crippen LogP contribution in [-0.2, 0) is 0 Å². The molecule has 0 spiro atoms. The smallest absolute Gasteiger partial charge is 0.321 e. The van der Waals surface area contributed by atoms with E-state index in [-0.39, 0.29) is 6.03 Å². The molecule has 0 aromatic carbocycles. The molecule has 116 valence electrons. The van der Waals surface area contributed by atoms with Crippen LogP contribution in [0.4, 0.5) is 10.5 Å². The SMILES string of the molecule is CCC[C@H]1CCCN(C(=O)Nc2cccnc2OC)CC1. The highest BCUT2D eigenvalue weighted by molar-refractivity contribution is 5.90. The summed E-state index contributed by atoms with van der Waals surface area (Å²) in [5.41, 5.74) is 0.624. The predicted octanol–water partition coefficient (Wildman–Crippen LogP) is 3.52. The van der Waals surface area contributed by atoms with Gasteiger partial charge in [-0.3, -0.25) is 0 Å². The van der Waals surface area contributed by atoms with Gasteiger partial charge in [-0.25, -0.2) is 9.78 Å². The van der Waals surface area contributed by atoms with Crippen molar-refractivity contribution < 1.29 is 9.53 Å². The maximum Gasteiger partial charge on any atom is 0.321 e. The van der Waals surface area contributed by atoms with E-state index in [4.69, 9.17) is 4.74 Å². The van der Waals surface area contributed by atoms with Gasteiger partial charge < -0.3 is 15.0 Å². The van der Waals surface area contributed by atoms with E-state index in [0.717, 1.165) is 31.8 Å². The van der Waals surface area contributed by atoms with Gasteiger partial charge in [-0.1, -0.05) is 19.8 Å². The minimum Gasteiger partial charge on any atom is -0.480 e. The van der Waals surface area contributed by atoms with E-state index >= 15 is 0 Å². The van der Waals surface area contributed by atoms with Crippen LogP contribution in [0.1, 0.15) is 39.0 Å². The third-order valence-electron chi connectivity index (χ3n) is 4.04. The van der Waals surface area contributed by atoms with Crippen LogP contribution in [0, 0.1) is 5.92 Å². The number of likely N-dealkylation sites (tertiary alicyclic amines) is 1. The Hall–Kier alpha value is -1.78. The first kappa shape index (κ1) is 15.6. The van der Waals surface area contributed by atoms with Gasteiger partial charge in [0, 0.05) is 19.3 Å². The number of hydrogen-bond acceptors (Lipinski definition) is 3. The molecule has 1 N–H and O–H groups in total. The molecule has 2 amide bonds. The first-order valence-corrected chi connectivity index (χ1v) is 7.79. The Morgan fingerprint density at radius 2 is 2.33 bits per heavy atom. The van der Waals surface area contributed by atoms with Crippen LogP contribution in [0.15, 0.2) is 18.3 Å². The molecule has 1 atom stereocenters. The molecule has 21 heavy (non-hydrogen) atoms. The summed E-state index contributed by atoms with van der Waals surface area (Å²) in [5, 5.41) is 2.91. The fourth-order valence-corrected chi connectivity index (χ4v) is 2.91. The van der Waals surface area contributed by atoms with Crippen molar-refractivity contribution in [3.63, 3.8) is 0 Å². The number of anilines is 1. The Bertz CT molecular complexity index is 465. The molecular formula is C16H25N3O2. The van der Waals surface area contributed by atoms with Crippen molar-refractivity contribution in [2.24, 2.45) is 5.92 Å². The van der Waals surface area contributed by atoms with Crippen molar-refractivity contribution in [1.29, 1.82) is 0 Å². The lowest BCUT2D eigenvalue weighted by molar-refractivity contribution is 0.212. The number of rotatable bonds is 4. The second kappa shape index (κ2) is 7.86. The normalized spacial score (nSPS) is 19.0. The molecule has 5 heteroatoms. The van der Waals surface area contributed by atoms with Crippen LogP contribution in [0.5, 0.6) is 5.88 Å². The number of aromatic nitrogens is 1. The Labute approximate surface area is 126 Å². The number of pyridine rings is 1. The molecule has 0 unspecified atom stereocenters. The average molecular weight is 291 g/mol. The van der Waals surface area contributed by atoms with Crippen LogP contribution >= 0.6 is 0 Å². The summed E-state index contributed by atoms with van der Waals surface area (Å²) in [4.78, 5) is 18.4. The highest BCUT2D eigenvalue weighted by atomic mass is 16.5. The molecule has 1 aromatic rings. The number of nitrogens with one attached hydrogen (secondary N) is 1. The van der Waals surface area contributed by atoms with Gasteiger partial charge in [0.2, 0.25) is 5.88 Å². The highest BCUT2D eigenvalue weighted by Crippen LogP contribution is 2.24. The summed E-state index contributed by atoms with van der Waals surface area (Å²) < 4.78 is 5.16. The Morgan fingerprint density at radius 3 is 3.10 bits per heavy atom. The lowest BCUT2D eigenvalue weighted by Crippen LogP contribution is -2.35. The van der Waals surface area contributed by atoms with Crippen molar-refractivity contribution in [2.45, 2.75) is 39.0 Å². The maximum absolute atomic E-state index is 12.4. The van der Waals surface area contributed by atoms with Crippen molar-refractivity contribution in [1.82, 2.24) is 9.88 Å². The van der Waals surface area contributed by atoms with E-state index in [1.54, 1.807) is 25.4 Å². The maximum atomic E-state index is 12.4. The third kappa shape index (κ3) is 4.34. The first-order valence-electron chi connectivity index (χ1n) is 7.79. The van der Waals surface area contributed by atoms with Crippen molar-refractivity contribution in [3.05, 3.63) is 18.3 Å². The molecule has 2 heterocycles. The van der Waals surface area contributed by atoms with Crippen LogP contribution < -0.4 is 10.1 Å². The molecular weight excluding hydrogens is 266 g/mol. The summed E-state index contributed by atoms with van der Waals surface area (Å²) in [5.74, 6) is 1.21. The minimum absolute atomic E-state index is 0.0570. The number of carbonyl (C=O) groups excluding carboxylic acids is 1. The first-order chi connectivity index (χ1) is 10.2. The van der Waals surface area contributed by atoms with Crippen LogP contribution in [-0.4, -0.2) is 36.1 Å². The van der Waals surface area contributed by atoms with Crippen LogP contribution in [0.25, 0.3) is 0 Å². The second-order valence-corrected chi connectivity index (χ2v) is 5.56. The number of amides is 2. The molecule has 0 aliphatic carbocycles. The van der Waals surface area contributed by atoms with Crippen molar-refractivity contribution in [3.8, 4) is 5.88 Å². The number of carbonyl (C=O) groups is 1. The molecule has 0 saturated carbocycles. The lowest BCUT2D eigenvalue weighted by Gasteiger charge is -2.21. The number of urea groups is 1. The highest BCUT2D eigenvalue weighted by Gasteiger charge is 2.21. The van der Waals surface area contributed by atoms with Gasteiger partial charge >= 0.3 is 6.03 Å². The number of ether oxygens (including phenoxy) is 1. The number of hydrogen-bond donors (Lipinski definition) is 1. The molecule has 5 nitrogen and oxygen atoms in total. The Morgan fingerprint density at radius 1 is 1.48 bits per heavy atom. The molecule has 1 aliphatic rings. The van der Waals surface area contributed by atoms with E-state index in [0.29, 0.717) is 11.6 Å². The summed E-state index contributed by atoms with van der Waals surface area (Å²) in [6, 6.07) is 3.54. The minimum atomic E-state index is -0.0570. The fraction of sp³-hybridized carbons (Fsp3) is 0.625. The molecule has 0 radical (unpaired) electrons. The van der Waals surface area contributed by atoms with E-state index < -0.39 is 0 Å². The predicted molar refractivity (Wildman–Crippen MR) is 83.6 cm³/mol. The molecule has 0 bridgehead atoms. The molecule has 2 rings (SSSR count). The summed E-state index contributed by atoms with van der Waals surface area (Å²) in [7, 11) is 1.55. The van der Waals surface area contributed by atoms with Crippen LogP contribution in [0.2, 0.25) is 0 Å². The van der Waals surface area contributed by atoms with Gasteiger partial charge in [0.05, 0.1) is 7.11 Å². The zero-order valence-corrected chi connectivity index (χ0v) is 13.0. The lowest BCUT2D eigenvalue weighted by atomic mass is 9.96. The second-order valence-electron chi connectivity index (χ2n) is 5.56. The zero-order valence-electron chi connectivity index (χ0n) is 13.0. The van der Waals surface area contributed by atoms with Gasteiger partial charge in [0.1, 0.15) is 5.69 Å². The zero-order chi connectivity index (χ0) is 15.1. The van der Waals surface area contributed by atoms with Gasteiger partial charge in [0.25, 0.3) is 0 Å². The number of nitrogens with zero attached hydrogens (tertiary/aromatic N) is 2. The molecule has 1 fully saturated rings. The summed E-state index contributed by atoms with van der Waals surface area (Å²) in [6.07, 6.45) is 7.56. The van der Waals surface area contributed by atoms with E-state index in [1.807, 2.05) is 4.90 Å². The Kier molecular flexibility index (Phi) is 5.84. The average Bonchev–Trinajstić information content (AvgIpc) is 2.74. The standard InChI is InChI=1S/C16H25N3O2/c1-3-6-13-7-5-11-19(12-9-13)16(20)18-14-8-4-10-17-15(14)21-2/h4,8,10,13H,3,5-7,9,11-12H2,1-2H3,(H,18,20)/t13-/m0/s1. The number of methoxy groups -OCH3 is 1. The van der Waals surface area contributed by atoms with E-state index in [2.05, 4.69) is 17.2 Å². The van der Waals surface area contributed by atoms with E-state index in [1.165, 1.54) is 19.3 Å². The largest absolute Gasteiger partial charge is 0.480 e. The quantitative estimate of drug-likeness (QED) is 0.923. The monoisotopic (exact) mass is 291 g/mol. The molecule has 1 aliphatic heterocycles. The van der Waals surface area contributed by atoms with Crippen LogP contribution in [0.3, 0.4) is 0 Å². The van der Waals surface area contributed by atoms with Gasteiger partial charge in [-0.05, 0) is 37.3 Å². The van der Waals surface area contributed by atoms with Gasteiger partial charge in [-0.2, -0.15) is 0 Å². The summed E-state index contributed by atoms with van der Waals surface area (Å²) >= 11 is 0. The van der Waals surface area contributed by atoms with Gasteiger partial charge in [-0.15, -0.1) is 0 Å². The Balaban J connectivity index is 1.94. The van der Waals surface area contributed by atoms with Crippen molar-refractivity contribution in [2.75, 3.05) is 25.5 Å².